The van der Waals surface area contributed by atoms with E-state index in [2.05, 4.69) is 20.6 Å². The van der Waals surface area contributed by atoms with Gasteiger partial charge in [-0.05, 0) is 66.1 Å². The Hall–Kier alpha value is -3.70. The van der Waals surface area contributed by atoms with Crippen LogP contribution in [0.5, 0.6) is 0 Å². The number of carbonyl (C=O) groups is 2. The summed E-state index contributed by atoms with van der Waals surface area (Å²) >= 11 is 5.22. The minimum atomic E-state index is -0.166. The monoisotopic (exact) mass is 584 g/mol. The normalized spacial score (nSPS) is 11.1. The third-order valence-corrected chi connectivity index (χ3v) is 9.49. The molecule has 0 aliphatic heterocycles. The summed E-state index contributed by atoms with van der Waals surface area (Å²) in [7, 11) is 0. The van der Waals surface area contributed by atoms with E-state index < -0.39 is 0 Å². The van der Waals surface area contributed by atoms with Crippen LogP contribution in [0.4, 0.5) is 21.0 Å². The van der Waals surface area contributed by atoms with Gasteiger partial charge < -0.3 is 10.6 Å². The quantitative estimate of drug-likeness (QED) is 0.190. The summed E-state index contributed by atoms with van der Waals surface area (Å²) in [4.78, 5) is 33.9. The lowest BCUT2D eigenvalue weighted by Gasteiger charge is -2.07. The van der Waals surface area contributed by atoms with Crippen LogP contribution in [-0.2, 0) is 6.42 Å². The van der Waals surface area contributed by atoms with Gasteiger partial charge in [-0.1, -0.05) is 48.5 Å². The lowest BCUT2D eigenvalue weighted by Crippen LogP contribution is -2.05. The minimum Gasteiger partial charge on any atom is -0.317 e. The van der Waals surface area contributed by atoms with E-state index in [1.54, 1.807) is 0 Å². The summed E-state index contributed by atoms with van der Waals surface area (Å²) in [5.41, 5.74) is 5.52. The molecule has 0 saturated carbocycles. The Morgan fingerprint density at radius 3 is 1.41 bits per heavy atom. The highest BCUT2D eigenvalue weighted by Crippen LogP contribution is 2.31. The molecule has 6 aromatic rings. The van der Waals surface area contributed by atoms with E-state index in [4.69, 9.17) is 0 Å². The van der Waals surface area contributed by atoms with Gasteiger partial charge in [0.2, 0.25) is 0 Å². The van der Waals surface area contributed by atoms with Crippen LogP contribution in [0.25, 0.3) is 20.4 Å². The van der Waals surface area contributed by atoms with Crippen LogP contribution in [0.15, 0.2) is 106 Å². The van der Waals surface area contributed by atoms with Crippen molar-refractivity contribution in [3.05, 3.63) is 108 Å². The molecule has 0 saturated heterocycles. The summed E-state index contributed by atoms with van der Waals surface area (Å²) in [6.45, 7) is 0. The number of rotatable bonds is 6. The highest BCUT2D eigenvalue weighted by molar-refractivity contribution is 8.15. The van der Waals surface area contributed by atoms with E-state index in [1.165, 1.54) is 22.7 Å². The highest BCUT2D eigenvalue weighted by Gasteiger charge is 2.12. The van der Waals surface area contributed by atoms with Gasteiger partial charge in [0.25, 0.3) is 10.5 Å². The maximum absolute atomic E-state index is 12.5. The summed E-state index contributed by atoms with van der Waals surface area (Å²) in [5.74, 6) is 0. The predicted molar refractivity (Wildman–Crippen MR) is 165 cm³/mol. The van der Waals surface area contributed by atoms with Crippen molar-refractivity contribution in [1.82, 2.24) is 9.97 Å². The molecule has 4 aromatic carbocycles. The molecule has 0 unspecified atom stereocenters. The van der Waals surface area contributed by atoms with Crippen LogP contribution in [0.2, 0.25) is 0 Å². The van der Waals surface area contributed by atoms with Crippen molar-refractivity contribution in [3.8, 4) is 0 Å². The highest BCUT2D eigenvalue weighted by atomic mass is 32.2. The number of anilines is 2. The number of hydrogen-bond acceptors (Lipinski definition) is 8. The molecule has 6 nitrogen and oxygen atoms in total. The fraction of sp³-hybridized carbons (Fsp3) is 0.0345. The Kier molecular flexibility index (Phi) is 7.60. The molecule has 10 heteroatoms. The van der Waals surface area contributed by atoms with Crippen molar-refractivity contribution in [2.75, 3.05) is 10.6 Å². The number of hydrogen-bond donors (Lipinski definition) is 2. The minimum absolute atomic E-state index is 0.166. The second-order valence-corrected chi connectivity index (χ2v) is 13.0. The fourth-order valence-electron chi connectivity index (χ4n) is 3.88. The predicted octanol–water partition coefficient (Wildman–Crippen LogP) is 9.15. The van der Waals surface area contributed by atoms with Crippen LogP contribution < -0.4 is 10.6 Å². The van der Waals surface area contributed by atoms with E-state index in [0.29, 0.717) is 0 Å². The lowest BCUT2D eigenvalue weighted by molar-refractivity contribution is 0.269. The van der Waals surface area contributed by atoms with Gasteiger partial charge >= 0.3 is 0 Å². The van der Waals surface area contributed by atoms with Gasteiger partial charge in [-0.2, -0.15) is 0 Å². The largest absolute Gasteiger partial charge is 0.317 e. The fourth-order valence-corrected chi connectivity index (χ4v) is 7.55. The van der Waals surface area contributed by atoms with Gasteiger partial charge in [-0.15, -0.1) is 22.7 Å². The first-order chi connectivity index (χ1) is 19.1. The summed E-state index contributed by atoms with van der Waals surface area (Å²) in [6.07, 6.45) is 0.739. The van der Waals surface area contributed by atoms with E-state index >= 15 is 0 Å². The van der Waals surface area contributed by atoms with Crippen LogP contribution in [0.3, 0.4) is 0 Å². The first kappa shape index (κ1) is 25.6. The Morgan fingerprint density at radius 1 is 0.590 bits per heavy atom. The van der Waals surface area contributed by atoms with E-state index in [1.807, 2.05) is 97.1 Å². The molecule has 0 aliphatic carbocycles. The third-order valence-electron chi connectivity index (χ3n) is 5.72. The van der Waals surface area contributed by atoms with Crippen LogP contribution in [0, 0.1) is 0 Å². The number of fused-ring (bicyclic) bond motifs is 2. The molecule has 2 heterocycles. The molecule has 2 N–H and O–H groups in total. The maximum Gasteiger partial charge on any atom is 0.290 e. The SMILES string of the molecule is O=C(Nc1ccc(Cc2ccc(NC(=O)Sc3nc4ccccc4s3)cc2)cc1)Sc1nc2ccccc2s1. The van der Waals surface area contributed by atoms with Gasteiger partial charge in [0.05, 0.1) is 20.4 Å². The van der Waals surface area contributed by atoms with Crippen molar-refractivity contribution in [3.63, 3.8) is 0 Å². The van der Waals surface area contributed by atoms with Gasteiger partial charge in [-0.3, -0.25) is 9.59 Å². The number of amides is 2. The number of carbonyl (C=O) groups excluding carboxylic acids is 2. The second kappa shape index (κ2) is 11.6. The Morgan fingerprint density at radius 2 is 1.00 bits per heavy atom. The smallest absolute Gasteiger partial charge is 0.290 e. The Labute approximate surface area is 240 Å². The van der Waals surface area contributed by atoms with Crippen molar-refractivity contribution in [1.29, 1.82) is 0 Å². The summed E-state index contributed by atoms with van der Waals surface area (Å²) in [5, 5.41) is 5.51. The number of aromatic nitrogens is 2. The van der Waals surface area contributed by atoms with Crippen molar-refractivity contribution >= 4 is 88.5 Å². The number of benzene rings is 4. The Bertz CT molecular complexity index is 1580. The topological polar surface area (TPSA) is 84.0 Å². The summed E-state index contributed by atoms with van der Waals surface area (Å²) < 4.78 is 3.58. The molecule has 2 aromatic heterocycles. The first-order valence-electron chi connectivity index (χ1n) is 11.9. The zero-order valence-electron chi connectivity index (χ0n) is 20.3. The number of thioether (sulfide) groups is 2. The number of nitrogens with zero attached hydrogens (tertiary/aromatic N) is 2. The van der Waals surface area contributed by atoms with Crippen molar-refractivity contribution in [2.24, 2.45) is 0 Å². The van der Waals surface area contributed by atoms with Gasteiger partial charge in [0, 0.05) is 34.9 Å². The molecule has 0 fully saturated rings. The molecule has 0 bridgehead atoms. The molecule has 0 atom stereocenters. The second-order valence-electron chi connectivity index (χ2n) is 8.49. The first-order valence-corrected chi connectivity index (χ1v) is 15.2. The van der Waals surface area contributed by atoms with Crippen LogP contribution in [-0.4, -0.2) is 20.4 Å². The standard InChI is InChI=1S/C29H20N4O2S4/c34-26(38-28-32-22-5-1-3-7-24(22)36-28)30-20-13-9-18(10-14-20)17-19-11-15-21(16-12-19)31-27(35)39-29-33-23-6-2-4-8-25(23)37-29/h1-16H,17H2,(H,30,34)(H,31,35). The van der Waals surface area contributed by atoms with Crippen LogP contribution in [0.1, 0.15) is 11.1 Å². The van der Waals surface area contributed by atoms with Crippen LogP contribution >= 0.6 is 46.2 Å². The Balaban J connectivity index is 0.999. The van der Waals surface area contributed by atoms with Gasteiger partial charge in [0.15, 0.2) is 8.68 Å². The average molecular weight is 585 g/mol. The zero-order chi connectivity index (χ0) is 26.6. The molecule has 0 spiro atoms. The van der Waals surface area contributed by atoms with Crippen molar-refractivity contribution in [2.45, 2.75) is 15.1 Å². The maximum atomic E-state index is 12.5. The average Bonchev–Trinajstić information content (AvgIpc) is 3.53. The molecular formula is C29H20N4O2S4. The number of nitrogens with one attached hydrogen (secondary N) is 2. The molecular weight excluding hydrogens is 565 g/mol. The molecule has 6 rings (SSSR count). The van der Waals surface area contributed by atoms with Gasteiger partial charge in [-0.25, -0.2) is 9.97 Å². The zero-order valence-corrected chi connectivity index (χ0v) is 23.6. The molecule has 0 aliphatic rings. The lowest BCUT2D eigenvalue weighted by atomic mass is 10.0. The molecule has 39 heavy (non-hydrogen) atoms. The van der Waals surface area contributed by atoms with Crippen molar-refractivity contribution < 1.29 is 9.59 Å². The van der Waals surface area contributed by atoms with E-state index in [-0.39, 0.29) is 10.5 Å². The van der Waals surface area contributed by atoms with Gasteiger partial charge in [0.1, 0.15) is 0 Å². The number of thiazole rings is 2. The molecule has 2 amide bonds. The molecule has 0 radical (unpaired) electrons. The van der Waals surface area contributed by atoms with E-state index in [9.17, 15) is 9.59 Å². The molecule has 192 valence electrons. The van der Waals surface area contributed by atoms with E-state index in [0.717, 1.165) is 81.6 Å². The number of para-hydroxylation sites is 2. The summed E-state index contributed by atoms with van der Waals surface area (Å²) in [6, 6.07) is 31.3. The third kappa shape index (κ3) is 6.48.